The average molecular weight is 423 g/mol. The van der Waals surface area contributed by atoms with E-state index in [1.54, 1.807) is 14.1 Å². The van der Waals surface area contributed by atoms with E-state index >= 15 is 0 Å². The summed E-state index contributed by atoms with van der Waals surface area (Å²) >= 11 is 0. The van der Waals surface area contributed by atoms with Crippen LogP contribution in [0.2, 0.25) is 0 Å². The first-order chi connectivity index (χ1) is 15.0. The predicted molar refractivity (Wildman–Crippen MR) is 125 cm³/mol. The Morgan fingerprint density at radius 2 is 1.94 bits per heavy atom. The van der Waals surface area contributed by atoms with Crippen LogP contribution in [0.25, 0.3) is 0 Å². The largest absolute Gasteiger partial charge is 0.484 e. The summed E-state index contributed by atoms with van der Waals surface area (Å²) in [4.78, 5) is 20.5. The summed E-state index contributed by atoms with van der Waals surface area (Å²) in [5, 5.41) is 3.44. The number of ether oxygens (including phenoxy) is 1. The number of hydrogen-bond acceptors (Lipinski definition) is 3. The Balaban J connectivity index is 1.58. The van der Waals surface area contributed by atoms with Gasteiger partial charge in [0.15, 0.2) is 12.6 Å². The molecule has 1 atom stereocenters. The van der Waals surface area contributed by atoms with Crippen molar-refractivity contribution in [3.05, 3.63) is 65.7 Å². The maximum atomic E-state index is 11.7. The third-order valence-electron chi connectivity index (χ3n) is 5.46. The summed E-state index contributed by atoms with van der Waals surface area (Å²) in [7, 11) is 3.45. The fourth-order valence-electron chi connectivity index (χ4n) is 3.74. The van der Waals surface area contributed by atoms with E-state index in [4.69, 9.17) is 9.73 Å². The lowest BCUT2D eigenvalue weighted by atomic mass is 9.99. The van der Waals surface area contributed by atoms with Gasteiger partial charge in [0.2, 0.25) is 0 Å². The molecule has 1 unspecified atom stereocenters. The SMILES string of the molecule is CCNC(=NCc1cccc(OCC(=O)N(C)C)c1)N1CCC(Cc2ccccc2)C1. The van der Waals surface area contributed by atoms with Gasteiger partial charge < -0.3 is 19.9 Å². The van der Waals surface area contributed by atoms with Crippen molar-refractivity contribution in [3.63, 3.8) is 0 Å². The van der Waals surface area contributed by atoms with Crippen molar-refractivity contribution in [3.8, 4) is 5.75 Å². The number of aliphatic imine (C=N–C) groups is 1. The normalized spacial score (nSPS) is 16.3. The van der Waals surface area contributed by atoms with Gasteiger partial charge in [-0.3, -0.25) is 4.79 Å². The van der Waals surface area contributed by atoms with Crippen molar-refractivity contribution in [1.29, 1.82) is 0 Å². The van der Waals surface area contributed by atoms with Crippen molar-refractivity contribution >= 4 is 11.9 Å². The Hall–Kier alpha value is -3.02. The molecule has 1 amide bonds. The van der Waals surface area contributed by atoms with Crippen LogP contribution in [0.5, 0.6) is 5.75 Å². The van der Waals surface area contributed by atoms with Crippen molar-refractivity contribution in [2.75, 3.05) is 40.3 Å². The summed E-state index contributed by atoms with van der Waals surface area (Å²) in [5.74, 6) is 2.25. The van der Waals surface area contributed by atoms with E-state index in [0.717, 1.165) is 37.6 Å². The number of likely N-dealkylation sites (tertiary alicyclic amines) is 1. The summed E-state index contributed by atoms with van der Waals surface area (Å²) in [6.45, 7) is 5.60. The van der Waals surface area contributed by atoms with Crippen LogP contribution in [0.3, 0.4) is 0 Å². The van der Waals surface area contributed by atoms with Crippen LogP contribution in [-0.4, -0.2) is 62.0 Å². The highest BCUT2D eigenvalue weighted by Gasteiger charge is 2.24. The minimum atomic E-state index is -0.0584. The molecule has 0 radical (unpaired) electrons. The van der Waals surface area contributed by atoms with Crippen molar-refractivity contribution in [2.45, 2.75) is 26.3 Å². The molecule has 1 aliphatic heterocycles. The van der Waals surface area contributed by atoms with Crippen LogP contribution in [0.4, 0.5) is 0 Å². The highest BCUT2D eigenvalue weighted by molar-refractivity contribution is 5.80. The zero-order valence-electron chi connectivity index (χ0n) is 18.9. The van der Waals surface area contributed by atoms with Gasteiger partial charge in [0, 0.05) is 33.7 Å². The molecule has 0 saturated carbocycles. The molecule has 3 rings (SSSR count). The minimum Gasteiger partial charge on any atom is -0.484 e. The quantitative estimate of drug-likeness (QED) is 0.524. The Labute approximate surface area is 185 Å². The number of likely N-dealkylation sites (N-methyl/N-ethyl adjacent to an activating group) is 1. The van der Waals surface area contributed by atoms with E-state index in [-0.39, 0.29) is 12.5 Å². The molecule has 1 aliphatic rings. The van der Waals surface area contributed by atoms with Gasteiger partial charge in [0.05, 0.1) is 6.54 Å². The van der Waals surface area contributed by atoms with Crippen molar-refractivity contribution in [1.82, 2.24) is 15.1 Å². The molecule has 1 fully saturated rings. The highest BCUT2D eigenvalue weighted by atomic mass is 16.5. The first-order valence-electron chi connectivity index (χ1n) is 11.0. The number of nitrogens with one attached hydrogen (secondary N) is 1. The second kappa shape index (κ2) is 11.4. The monoisotopic (exact) mass is 422 g/mol. The smallest absolute Gasteiger partial charge is 0.259 e. The highest BCUT2D eigenvalue weighted by Crippen LogP contribution is 2.21. The number of guanidine groups is 1. The molecule has 166 valence electrons. The molecule has 1 N–H and O–H groups in total. The molecule has 2 aromatic carbocycles. The third kappa shape index (κ3) is 7.02. The predicted octanol–water partition coefficient (Wildman–Crippen LogP) is 3.18. The first-order valence-corrected chi connectivity index (χ1v) is 11.0. The Bertz CT molecular complexity index is 867. The van der Waals surface area contributed by atoms with Crippen molar-refractivity contribution in [2.24, 2.45) is 10.9 Å². The molecular formula is C25H34N4O2. The third-order valence-corrected chi connectivity index (χ3v) is 5.46. The van der Waals surface area contributed by atoms with Gasteiger partial charge >= 0.3 is 0 Å². The second-order valence-electron chi connectivity index (χ2n) is 8.18. The summed E-state index contributed by atoms with van der Waals surface area (Å²) in [6, 6.07) is 18.5. The number of carbonyl (C=O) groups is 1. The summed E-state index contributed by atoms with van der Waals surface area (Å²) in [6.07, 6.45) is 2.30. The van der Waals surface area contributed by atoms with Crippen LogP contribution in [0.15, 0.2) is 59.6 Å². The molecule has 0 bridgehead atoms. The minimum absolute atomic E-state index is 0.0406. The fourth-order valence-corrected chi connectivity index (χ4v) is 3.74. The molecule has 1 saturated heterocycles. The number of rotatable bonds is 8. The molecular weight excluding hydrogens is 388 g/mol. The number of nitrogens with zero attached hydrogens (tertiary/aromatic N) is 3. The van der Waals surface area contributed by atoms with E-state index < -0.39 is 0 Å². The molecule has 0 aromatic heterocycles. The van der Waals surface area contributed by atoms with Gasteiger partial charge in [0.1, 0.15) is 5.75 Å². The molecule has 0 spiro atoms. The van der Waals surface area contributed by atoms with E-state index in [2.05, 4.69) is 47.5 Å². The molecule has 6 heteroatoms. The van der Waals surface area contributed by atoms with Crippen molar-refractivity contribution < 1.29 is 9.53 Å². The Morgan fingerprint density at radius 3 is 2.68 bits per heavy atom. The van der Waals surface area contributed by atoms with E-state index in [0.29, 0.717) is 18.2 Å². The van der Waals surface area contributed by atoms with Crippen LogP contribution >= 0.6 is 0 Å². The zero-order chi connectivity index (χ0) is 22.1. The summed E-state index contributed by atoms with van der Waals surface area (Å²) < 4.78 is 5.63. The van der Waals surface area contributed by atoms with E-state index in [1.807, 2.05) is 24.3 Å². The maximum Gasteiger partial charge on any atom is 0.259 e. The number of carbonyl (C=O) groups excluding carboxylic acids is 1. The second-order valence-corrected chi connectivity index (χ2v) is 8.18. The molecule has 1 heterocycles. The topological polar surface area (TPSA) is 57.2 Å². The van der Waals surface area contributed by atoms with Crippen LogP contribution in [0.1, 0.15) is 24.5 Å². The van der Waals surface area contributed by atoms with Gasteiger partial charge in [-0.25, -0.2) is 4.99 Å². The van der Waals surface area contributed by atoms with Gasteiger partial charge in [-0.1, -0.05) is 42.5 Å². The van der Waals surface area contributed by atoms with Gasteiger partial charge in [-0.05, 0) is 48.9 Å². The van der Waals surface area contributed by atoms with Gasteiger partial charge in [-0.2, -0.15) is 0 Å². The average Bonchev–Trinajstić information content (AvgIpc) is 3.24. The standard InChI is InChI=1S/C25H34N4O2/c1-4-26-25(29-14-13-22(18-29)15-20-9-6-5-7-10-20)27-17-21-11-8-12-23(16-21)31-19-24(30)28(2)3/h5-12,16,22H,4,13-15,17-19H2,1-3H3,(H,26,27). The molecule has 6 nitrogen and oxygen atoms in total. The lowest BCUT2D eigenvalue weighted by Crippen LogP contribution is -2.40. The van der Waals surface area contributed by atoms with Gasteiger partial charge in [-0.15, -0.1) is 0 Å². The lowest BCUT2D eigenvalue weighted by Gasteiger charge is -2.22. The number of amides is 1. The van der Waals surface area contributed by atoms with Crippen LogP contribution in [0, 0.1) is 5.92 Å². The number of benzene rings is 2. The Kier molecular flexibility index (Phi) is 8.33. The number of hydrogen-bond donors (Lipinski definition) is 1. The first kappa shape index (κ1) is 22.7. The molecule has 0 aliphatic carbocycles. The van der Waals surface area contributed by atoms with Crippen LogP contribution in [-0.2, 0) is 17.8 Å². The van der Waals surface area contributed by atoms with E-state index in [9.17, 15) is 4.79 Å². The van der Waals surface area contributed by atoms with E-state index in [1.165, 1.54) is 16.9 Å². The summed E-state index contributed by atoms with van der Waals surface area (Å²) in [5.41, 5.74) is 2.46. The Morgan fingerprint density at radius 1 is 1.16 bits per heavy atom. The van der Waals surface area contributed by atoms with Crippen LogP contribution < -0.4 is 10.1 Å². The fraction of sp³-hybridized carbons (Fsp3) is 0.440. The molecule has 31 heavy (non-hydrogen) atoms. The maximum absolute atomic E-state index is 11.7. The lowest BCUT2D eigenvalue weighted by molar-refractivity contribution is -0.130. The molecule has 2 aromatic rings. The zero-order valence-corrected chi connectivity index (χ0v) is 18.9. The van der Waals surface area contributed by atoms with Gasteiger partial charge in [0.25, 0.3) is 5.91 Å².